The molecule has 17 heavy (non-hydrogen) atoms. The van der Waals surface area contributed by atoms with Gasteiger partial charge in [0.15, 0.2) is 11.6 Å². The molecule has 1 aromatic carbocycles. The Labute approximate surface area is 99.1 Å². The summed E-state index contributed by atoms with van der Waals surface area (Å²) >= 11 is 0. The van der Waals surface area contributed by atoms with Crippen molar-refractivity contribution in [3.63, 3.8) is 0 Å². The molecule has 0 saturated heterocycles. The van der Waals surface area contributed by atoms with E-state index in [0.717, 1.165) is 30.4 Å². The van der Waals surface area contributed by atoms with E-state index in [9.17, 15) is 18.2 Å². The third-order valence-electron chi connectivity index (χ3n) is 2.14. The highest BCUT2D eigenvalue weighted by Gasteiger charge is 2.20. The molecule has 1 aromatic rings. The summed E-state index contributed by atoms with van der Waals surface area (Å²) in [4.78, 5) is 22.8. The number of hydrogen-bond donors (Lipinski definition) is 0. The maximum absolute atomic E-state index is 12.7. The molecule has 1 atom stereocenters. The highest BCUT2D eigenvalue weighted by Crippen LogP contribution is 2.18. The molecule has 0 bridgehead atoms. The van der Waals surface area contributed by atoms with Crippen molar-refractivity contribution >= 4 is 22.4 Å². The van der Waals surface area contributed by atoms with Crippen molar-refractivity contribution in [2.24, 2.45) is 0 Å². The summed E-state index contributed by atoms with van der Waals surface area (Å²) in [7, 11) is -1.76. The molecule has 0 fully saturated rings. The summed E-state index contributed by atoms with van der Waals surface area (Å²) in [5.41, 5.74) is 0. The minimum atomic E-state index is -1.76. The first-order valence-electron chi connectivity index (χ1n) is 4.73. The standard InChI is InChI=1S/C12H7FO3S/c13-8-1-4-10(5-2-8)17(16)12-7-9(14)3-6-11(12)15/h1-7H. The van der Waals surface area contributed by atoms with E-state index in [2.05, 4.69) is 0 Å². The topological polar surface area (TPSA) is 51.2 Å². The van der Waals surface area contributed by atoms with Gasteiger partial charge >= 0.3 is 0 Å². The normalized spacial score (nSPS) is 16.9. The quantitative estimate of drug-likeness (QED) is 0.748. The summed E-state index contributed by atoms with van der Waals surface area (Å²) < 4.78 is 24.7. The van der Waals surface area contributed by atoms with Gasteiger partial charge < -0.3 is 0 Å². The van der Waals surface area contributed by atoms with Gasteiger partial charge in [-0.1, -0.05) is 0 Å². The summed E-state index contributed by atoms with van der Waals surface area (Å²) in [5.74, 6) is -1.30. The van der Waals surface area contributed by atoms with Gasteiger partial charge in [-0.2, -0.15) is 0 Å². The molecule has 1 unspecified atom stereocenters. The molecule has 0 saturated carbocycles. The van der Waals surface area contributed by atoms with Crippen LogP contribution in [-0.4, -0.2) is 15.8 Å². The molecule has 5 heteroatoms. The van der Waals surface area contributed by atoms with Crippen LogP contribution >= 0.6 is 0 Å². The Morgan fingerprint density at radius 3 is 2.29 bits per heavy atom. The number of hydrogen-bond acceptors (Lipinski definition) is 3. The van der Waals surface area contributed by atoms with Gasteiger partial charge in [0.05, 0.1) is 15.7 Å². The lowest BCUT2D eigenvalue weighted by Crippen LogP contribution is -2.12. The van der Waals surface area contributed by atoms with Crippen LogP contribution in [0.1, 0.15) is 0 Å². The van der Waals surface area contributed by atoms with Gasteiger partial charge in [-0.15, -0.1) is 0 Å². The zero-order chi connectivity index (χ0) is 12.4. The predicted molar refractivity (Wildman–Crippen MR) is 60.0 cm³/mol. The SMILES string of the molecule is O=C1C=CC(=O)C(S(=O)c2ccc(F)cc2)=C1. The van der Waals surface area contributed by atoms with Crippen LogP contribution < -0.4 is 0 Å². The van der Waals surface area contributed by atoms with Crippen molar-refractivity contribution in [2.45, 2.75) is 4.90 Å². The third kappa shape index (κ3) is 2.45. The maximum atomic E-state index is 12.7. The lowest BCUT2D eigenvalue weighted by atomic mass is 10.2. The fourth-order valence-corrected chi connectivity index (χ4v) is 2.43. The molecule has 0 aliphatic heterocycles. The molecule has 1 aliphatic rings. The second-order valence-electron chi connectivity index (χ2n) is 3.33. The van der Waals surface area contributed by atoms with Crippen molar-refractivity contribution in [1.82, 2.24) is 0 Å². The number of allylic oxidation sites excluding steroid dienone is 4. The van der Waals surface area contributed by atoms with Gasteiger partial charge in [0, 0.05) is 11.0 Å². The molecule has 0 aromatic heterocycles. The number of carbonyl (C=O) groups excluding carboxylic acids is 2. The summed E-state index contributed by atoms with van der Waals surface area (Å²) in [6, 6.07) is 4.95. The molecule has 86 valence electrons. The first kappa shape index (κ1) is 11.6. The van der Waals surface area contributed by atoms with Crippen LogP contribution in [0.2, 0.25) is 0 Å². The van der Waals surface area contributed by atoms with Crippen LogP contribution in [0.15, 0.2) is 52.3 Å². The van der Waals surface area contributed by atoms with Crippen LogP contribution in [0.3, 0.4) is 0 Å². The number of carbonyl (C=O) groups is 2. The fourth-order valence-electron chi connectivity index (χ4n) is 1.32. The molecule has 0 amide bonds. The smallest absolute Gasteiger partial charge is 0.195 e. The minimum Gasteiger partial charge on any atom is -0.290 e. The molecule has 0 radical (unpaired) electrons. The summed E-state index contributed by atoms with van der Waals surface area (Å²) in [6.45, 7) is 0. The average Bonchev–Trinajstić information content (AvgIpc) is 2.32. The van der Waals surface area contributed by atoms with Gasteiger partial charge in [-0.05, 0) is 36.4 Å². The molecule has 0 heterocycles. The molecular weight excluding hydrogens is 243 g/mol. The van der Waals surface area contributed by atoms with E-state index in [0.29, 0.717) is 0 Å². The van der Waals surface area contributed by atoms with Gasteiger partial charge in [0.1, 0.15) is 5.82 Å². The Kier molecular flexibility index (Phi) is 3.10. The van der Waals surface area contributed by atoms with E-state index >= 15 is 0 Å². The highest BCUT2D eigenvalue weighted by atomic mass is 32.2. The monoisotopic (exact) mass is 250 g/mol. The number of ketones is 2. The van der Waals surface area contributed by atoms with Crippen molar-refractivity contribution in [3.8, 4) is 0 Å². The van der Waals surface area contributed by atoms with Gasteiger partial charge in [0.2, 0.25) is 0 Å². The Hall–Kier alpha value is -1.88. The van der Waals surface area contributed by atoms with E-state index < -0.39 is 22.4 Å². The maximum Gasteiger partial charge on any atom is 0.195 e. The zero-order valence-corrected chi connectivity index (χ0v) is 9.37. The first-order valence-corrected chi connectivity index (χ1v) is 5.88. The van der Waals surface area contributed by atoms with Crippen molar-refractivity contribution < 1.29 is 18.2 Å². The fraction of sp³-hybridized carbons (Fsp3) is 0. The van der Waals surface area contributed by atoms with Crippen LogP contribution in [0.4, 0.5) is 4.39 Å². The molecule has 1 aliphatic carbocycles. The van der Waals surface area contributed by atoms with Crippen LogP contribution in [-0.2, 0) is 20.4 Å². The predicted octanol–water partition coefficient (Wildman–Crippen LogP) is 1.53. The van der Waals surface area contributed by atoms with Crippen molar-refractivity contribution in [3.05, 3.63) is 53.2 Å². The number of benzene rings is 1. The molecule has 0 N–H and O–H groups in total. The summed E-state index contributed by atoms with van der Waals surface area (Å²) in [5, 5.41) is 0. The van der Waals surface area contributed by atoms with Crippen LogP contribution in [0.5, 0.6) is 0 Å². The van der Waals surface area contributed by atoms with E-state index in [1.807, 2.05) is 0 Å². The van der Waals surface area contributed by atoms with E-state index in [1.165, 1.54) is 12.1 Å². The Morgan fingerprint density at radius 2 is 1.65 bits per heavy atom. The lowest BCUT2D eigenvalue weighted by Gasteiger charge is -2.06. The van der Waals surface area contributed by atoms with Crippen molar-refractivity contribution in [1.29, 1.82) is 0 Å². The Bertz CT molecular complexity index is 570. The molecule has 3 nitrogen and oxygen atoms in total. The van der Waals surface area contributed by atoms with E-state index in [1.54, 1.807) is 0 Å². The number of rotatable bonds is 2. The lowest BCUT2D eigenvalue weighted by molar-refractivity contribution is -0.114. The second kappa shape index (κ2) is 4.55. The zero-order valence-electron chi connectivity index (χ0n) is 8.55. The van der Waals surface area contributed by atoms with E-state index in [-0.39, 0.29) is 15.6 Å². The van der Waals surface area contributed by atoms with Crippen molar-refractivity contribution in [2.75, 3.05) is 0 Å². The van der Waals surface area contributed by atoms with Gasteiger partial charge in [-0.25, -0.2) is 8.60 Å². The largest absolute Gasteiger partial charge is 0.290 e. The first-order chi connectivity index (χ1) is 8.08. The van der Waals surface area contributed by atoms with E-state index in [4.69, 9.17) is 0 Å². The Morgan fingerprint density at radius 1 is 1.00 bits per heavy atom. The molecule has 2 rings (SSSR count). The van der Waals surface area contributed by atoms with Gasteiger partial charge in [0.25, 0.3) is 0 Å². The van der Waals surface area contributed by atoms with Crippen LogP contribution in [0, 0.1) is 5.82 Å². The molecule has 0 spiro atoms. The second-order valence-corrected chi connectivity index (χ2v) is 4.78. The van der Waals surface area contributed by atoms with Gasteiger partial charge in [-0.3, -0.25) is 9.59 Å². The van der Waals surface area contributed by atoms with Crippen LogP contribution in [0.25, 0.3) is 0 Å². The number of halogens is 1. The minimum absolute atomic E-state index is 0.0795. The molecular formula is C12H7FO3S. The average molecular weight is 250 g/mol. The Balaban J connectivity index is 2.35. The third-order valence-corrected chi connectivity index (χ3v) is 3.56. The highest BCUT2D eigenvalue weighted by molar-refractivity contribution is 7.90. The summed E-state index contributed by atoms with van der Waals surface area (Å²) in [6.07, 6.45) is 3.24.